The Kier molecular flexibility index (Phi) is 7.96. The lowest BCUT2D eigenvalue weighted by Gasteiger charge is -2.26. The number of hydrogen-bond acceptors (Lipinski definition) is 3. The number of esters is 1. The van der Waals surface area contributed by atoms with Crippen molar-refractivity contribution < 1.29 is 14.3 Å². The van der Waals surface area contributed by atoms with Crippen LogP contribution in [0.5, 0.6) is 0 Å². The molecule has 0 saturated carbocycles. The van der Waals surface area contributed by atoms with Gasteiger partial charge in [0.05, 0.1) is 12.2 Å². The summed E-state index contributed by atoms with van der Waals surface area (Å²) >= 11 is 0. The number of benzene rings is 1. The zero-order chi connectivity index (χ0) is 18.3. The number of carbonyl (C=O) groups excluding carboxylic acids is 2. The number of hydrogen-bond donors (Lipinski definition) is 0. The molecule has 4 nitrogen and oxygen atoms in total. The van der Waals surface area contributed by atoms with Crippen LogP contribution in [0.1, 0.15) is 62.3 Å². The molecular weight excluding hydrogens is 302 g/mol. The summed E-state index contributed by atoms with van der Waals surface area (Å²) in [5, 5.41) is 0. The highest BCUT2D eigenvalue weighted by atomic mass is 16.5. The molecule has 1 aromatic rings. The van der Waals surface area contributed by atoms with E-state index in [4.69, 9.17) is 4.74 Å². The lowest BCUT2D eigenvalue weighted by atomic mass is 10.1. The van der Waals surface area contributed by atoms with Gasteiger partial charge in [0.2, 0.25) is 0 Å². The fourth-order valence-corrected chi connectivity index (χ4v) is 2.41. The highest BCUT2D eigenvalue weighted by molar-refractivity contribution is 5.98. The largest absolute Gasteiger partial charge is 0.462 e. The Labute approximate surface area is 146 Å². The molecule has 0 aliphatic heterocycles. The molecule has 1 amide bonds. The first kappa shape index (κ1) is 20.2. The second-order valence-corrected chi connectivity index (χ2v) is 7.57. The van der Waals surface area contributed by atoms with Crippen LogP contribution in [0.2, 0.25) is 0 Å². The molecule has 0 atom stereocenters. The van der Waals surface area contributed by atoms with Crippen LogP contribution in [0.3, 0.4) is 0 Å². The van der Waals surface area contributed by atoms with Gasteiger partial charge in [0.1, 0.15) is 0 Å². The van der Waals surface area contributed by atoms with Gasteiger partial charge in [-0.05, 0) is 36.0 Å². The third kappa shape index (κ3) is 6.73. The Hall–Kier alpha value is -1.84. The van der Waals surface area contributed by atoms with E-state index >= 15 is 0 Å². The summed E-state index contributed by atoms with van der Waals surface area (Å²) < 4.78 is 5.25. The van der Waals surface area contributed by atoms with Gasteiger partial charge in [-0.1, -0.05) is 47.6 Å². The summed E-state index contributed by atoms with van der Waals surface area (Å²) in [4.78, 5) is 26.8. The summed E-state index contributed by atoms with van der Waals surface area (Å²) in [6.07, 6.45) is 0. The van der Waals surface area contributed by atoms with E-state index in [9.17, 15) is 9.59 Å². The van der Waals surface area contributed by atoms with Gasteiger partial charge in [0.15, 0.2) is 0 Å². The van der Waals surface area contributed by atoms with Gasteiger partial charge in [-0.25, -0.2) is 4.79 Å². The summed E-state index contributed by atoms with van der Waals surface area (Å²) in [5.41, 5.74) is 0.964. The van der Waals surface area contributed by atoms with Crippen molar-refractivity contribution >= 4 is 11.9 Å². The maximum atomic E-state index is 12.8. The molecular formula is C20H31NO3. The van der Waals surface area contributed by atoms with Gasteiger partial charge >= 0.3 is 5.97 Å². The van der Waals surface area contributed by atoms with Gasteiger partial charge < -0.3 is 9.64 Å². The Morgan fingerprint density at radius 2 is 1.46 bits per heavy atom. The molecule has 0 bridgehead atoms. The van der Waals surface area contributed by atoms with Crippen LogP contribution in [0.25, 0.3) is 0 Å². The molecule has 1 aromatic carbocycles. The Bertz CT molecular complexity index is 540. The van der Waals surface area contributed by atoms with Crippen LogP contribution in [0.4, 0.5) is 0 Å². The molecule has 0 aliphatic carbocycles. The van der Waals surface area contributed by atoms with E-state index in [-0.39, 0.29) is 17.8 Å². The Balaban J connectivity index is 2.92. The van der Waals surface area contributed by atoms with Crippen molar-refractivity contribution in [3.8, 4) is 0 Å². The average molecular weight is 333 g/mol. The van der Waals surface area contributed by atoms with E-state index in [1.54, 1.807) is 24.3 Å². The average Bonchev–Trinajstić information content (AvgIpc) is 2.50. The van der Waals surface area contributed by atoms with Crippen molar-refractivity contribution in [2.45, 2.75) is 41.5 Å². The van der Waals surface area contributed by atoms with Crippen LogP contribution >= 0.6 is 0 Å². The minimum atomic E-state index is -0.377. The molecule has 0 radical (unpaired) electrons. The Morgan fingerprint density at radius 1 is 0.917 bits per heavy atom. The summed E-state index contributed by atoms with van der Waals surface area (Å²) in [7, 11) is 0. The molecule has 0 unspecified atom stereocenters. The molecule has 0 aliphatic rings. The van der Waals surface area contributed by atoms with Crippen LogP contribution in [0.15, 0.2) is 24.3 Å². The van der Waals surface area contributed by atoms with E-state index in [1.807, 2.05) is 18.7 Å². The van der Waals surface area contributed by atoms with Crippen LogP contribution in [-0.4, -0.2) is 36.5 Å². The van der Waals surface area contributed by atoms with E-state index in [0.29, 0.717) is 42.7 Å². The number of nitrogens with zero attached hydrogens (tertiary/aromatic N) is 1. The Morgan fingerprint density at radius 3 is 1.96 bits per heavy atom. The molecule has 4 heteroatoms. The van der Waals surface area contributed by atoms with Gasteiger partial charge in [-0.3, -0.25) is 4.79 Å². The van der Waals surface area contributed by atoms with Crippen molar-refractivity contribution in [1.82, 2.24) is 4.90 Å². The van der Waals surface area contributed by atoms with Crippen molar-refractivity contribution in [3.63, 3.8) is 0 Å². The SMILES string of the molecule is CC(C)COC(=O)c1cccc(C(=O)N(CC(C)C)CC(C)C)c1. The quantitative estimate of drug-likeness (QED) is 0.668. The third-order valence-electron chi connectivity index (χ3n) is 3.35. The molecule has 0 N–H and O–H groups in total. The summed E-state index contributed by atoms with van der Waals surface area (Å²) in [6, 6.07) is 6.82. The fourth-order valence-electron chi connectivity index (χ4n) is 2.41. The van der Waals surface area contributed by atoms with Crippen molar-refractivity contribution in [1.29, 1.82) is 0 Å². The van der Waals surface area contributed by atoms with Gasteiger partial charge in [0, 0.05) is 18.7 Å². The van der Waals surface area contributed by atoms with E-state index in [1.165, 1.54) is 0 Å². The molecule has 0 spiro atoms. The van der Waals surface area contributed by atoms with Crippen molar-refractivity contribution in [2.24, 2.45) is 17.8 Å². The smallest absolute Gasteiger partial charge is 0.338 e. The molecule has 24 heavy (non-hydrogen) atoms. The highest BCUT2D eigenvalue weighted by Gasteiger charge is 2.19. The number of carbonyl (C=O) groups is 2. The molecule has 134 valence electrons. The van der Waals surface area contributed by atoms with Gasteiger partial charge in [0.25, 0.3) is 5.91 Å². The zero-order valence-electron chi connectivity index (χ0n) is 15.8. The van der Waals surface area contributed by atoms with Gasteiger partial charge in [-0.2, -0.15) is 0 Å². The zero-order valence-corrected chi connectivity index (χ0v) is 15.8. The number of amides is 1. The van der Waals surface area contributed by atoms with Crippen molar-refractivity contribution in [2.75, 3.05) is 19.7 Å². The maximum Gasteiger partial charge on any atom is 0.338 e. The molecule has 0 aromatic heterocycles. The molecule has 0 fully saturated rings. The number of rotatable bonds is 8. The second kappa shape index (κ2) is 9.45. The molecule has 0 heterocycles. The first-order chi connectivity index (χ1) is 11.2. The maximum absolute atomic E-state index is 12.8. The lowest BCUT2D eigenvalue weighted by Crippen LogP contribution is -2.37. The van der Waals surface area contributed by atoms with E-state index in [2.05, 4.69) is 27.7 Å². The monoisotopic (exact) mass is 333 g/mol. The van der Waals surface area contributed by atoms with E-state index in [0.717, 1.165) is 0 Å². The van der Waals surface area contributed by atoms with Crippen LogP contribution in [-0.2, 0) is 4.74 Å². The highest BCUT2D eigenvalue weighted by Crippen LogP contribution is 2.13. The summed E-state index contributed by atoms with van der Waals surface area (Å²) in [5.74, 6) is 0.665. The third-order valence-corrected chi connectivity index (χ3v) is 3.35. The lowest BCUT2D eigenvalue weighted by molar-refractivity contribution is 0.0459. The fraction of sp³-hybridized carbons (Fsp3) is 0.600. The van der Waals surface area contributed by atoms with E-state index < -0.39 is 0 Å². The first-order valence-corrected chi connectivity index (χ1v) is 8.77. The van der Waals surface area contributed by atoms with Crippen molar-refractivity contribution in [3.05, 3.63) is 35.4 Å². The minimum Gasteiger partial charge on any atom is -0.462 e. The second-order valence-electron chi connectivity index (χ2n) is 7.57. The predicted octanol–water partition coefficient (Wildman–Crippen LogP) is 4.25. The summed E-state index contributed by atoms with van der Waals surface area (Å²) in [6.45, 7) is 14.2. The molecule has 1 rings (SSSR count). The first-order valence-electron chi connectivity index (χ1n) is 8.77. The predicted molar refractivity (Wildman–Crippen MR) is 97.1 cm³/mol. The number of ether oxygens (including phenoxy) is 1. The van der Waals surface area contributed by atoms with Crippen LogP contribution in [0, 0.1) is 17.8 Å². The topological polar surface area (TPSA) is 46.6 Å². The normalized spacial score (nSPS) is 11.2. The minimum absolute atomic E-state index is 0.0316. The molecule has 0 saturated heterocycles. The van der Waals surface area contributed by atoms with Gasteiger partial charge in [-0.15, -0.1) is 0 Å². The standard InChI is InChI=1S/C20H31NO3/c1-14(2)11-21(12-15(3)4)19(22)17-8-7-9-18(10-17)20(23)24-13-16(5)6/h7-10,14-16H,11-13H2,1-6H3. The van der Waals surface area contributed by atoms with Crippen LogP contribution < -0.4 is 0 Å².